The topological polar surface area (TPSA) is 36.0 Å². The highest BCUT2D eigenvalue weighted by Gasteiger charge is 2.32. The molecule has 144 valence electrons. The van der Waals surface area contributed by atoms with E-state index in [0.717, 1.165) is 45.0 Å². The molecule has 2 saturated heterocycles. The van der Waals surface area contributed by atoms with Crippen molar-refractivity contribution in [2.24, 2.45) is 11.8 Å². The fraction of sp³-hybridized carbons (Fsp3) is 0.667. The van der Waals surface area contributed by atoms with Crippen molar-refractivity contribution in [2.75, 3.05) is 51.3 Å². The van der Waals surface area contributed by atoms with Crippen LogP contribution >= 0.6 is 0 Å². The molecule has 0 bridgehead atoms. The van der Waals surface area contributed by atoms with Crippen LogP contribution in [0.3, 0.4) is 0 Å². The summed E-state index contributed by atoms with van der Waals surface area (Å²) in [5.41, 5.74) is 1.23. The molecular formula is C21H33N3O2. The molecule has 0 saturated carbocycles. The van der Waals surface area contributed by atoms with E-state index in [1.807, 2.05) is 12.1 Å². The van der Waals surface area contributed by atoms with Crippen LogP contribution in [0.1, 0.15) is 27.2 Å². The summed E-state index contributed by atoms with van der Waals surface area (Å²) in [6.45, 7) is 12.2. The number of piperidine rings is 1. The number of likely N-dealkylation sites (tertiary alicyclic amines) is 1. The van der Waals surface area contributed by atoms with Crippen LogP contribution < -0.4 is 9.64 Å². The van der Waals surface area contributed by atoms with Gasteiger partial charge >= 0.3 is 0 Å². The van der Waals surface area contributed by atoms with Gasteiger partial charge in [0.15, 0.2) is 0 Å². The van der Waals surface area contributed by atoms with Gasteiger partial charge in [0.1, 0.15) is 5.75 Å². The number of anilines is 1. The van der Waals surface area contributed by atoms with Gasteiger partial charge in [0, 0.05) is 45.0 Å². The van der Waals surface area contributed by atoms with E-state index in [-0.39, 0.29) is 6.04 Å². The van der Waals surface area contributed by atoms with Gasteiger partial charge in [0.25, 0.3) is 0 Å². The Morgan fingerprint density at radius 2 is 1.62 bits per heavy atom. The van der Waals surface area contributed by atoms with Crippen LogP contribution in [-0.4, -0.2) is 68.1 Å². The number of hydrogen-bond acceptors (Lipinski definition) is 4. The van der Waals surface area contributed by atoms with Gasteiger partial charge in [-0.15, -0.1) is 0 Å². The summed E-state index contributed by atoms with van der Waals surface area (Å²) in [5, 5.41) is 0. The van der Waals surface area contributed by atoms with Crippen LogP contribution in [0.15, 0.2) is 24.3 Å². The quantitative estimate of drug-likeness (QED) is 0.828. The smallest absolute Gasteiger partial charge is 0.239 e. The molecule has 0 aliphatic carbocycles. The zero-order chi connectivity index (χ0) is 18.7. The summed E-state index contributed by atoms with van der Waals surface area (Å²) >= 11 is 0. The van der Waals surface area contributed by atoms with Gasteiger partial charge in [-0.2, -0.15) is 0 Å². The molecule has 3 atom stereocenters. The van der Waals surface area contributed by atoms with E-state index >= 15 is 0 Å². The van der Waals surface area contributed by atoms with Crippen LogP contribution in [0, 0.1) is 11.8 Å². The lowest BCUT2D eigenvalue weighted by Crippen LogP contribution is -2.56. The number of hydrogen-bond donors (Lipinski definition) is 0. The van der Waals surface area contributed by atoms with E-state index in [0.29, 0.717) is 17.7 Å². The van der Waals surface area contributed by atoms with Gasteiger partial charge in [-0.3, -0.25) is 9.69 Å². The number of piperazine rings is 1. The molecule has 2 heterocycles. The van der Waals surface area contributed by atoms with Crippen molar-refractivity contribution < 1.29 is 9.53 Å². The molecule has 5 heteroatoms. The molecule has 0 spiro atoms. The monoisotopic (exact) mass is 359 g/mol. The zero-order valence-electron chi connectivity index (χ0n) is 16.6. The van der Waals surface area contributed by atoms with Gasteiger partial charge in [-0.1, -0.05) is 13.8 Å². The largest absolute Gasteiger partial charge is 0.497 e. The lowest BCUT2D eigenvalue weighted by atomic mass is 9.91. The highest BCUT2D eigenvalue weighted by Crippen LogP contribution is 2.24. The molecule has 1 aromatic carbocycles. The number of amides is 1. The molecule has 1 amide bonds. The first-order valence-corrected chi connectivity index (χ1v) is 9.89. The Labute approximate surface area is 157 Å². The number of carbonyl (C=O) groups is 1. The molecule has 2 aliphatic rings. The summed E-state index contributed by atoms with van der Waals surface area (Å²) in [6.07, 6.45) is 1.23. The Kier molecular flexibility index (Phi) is 6.07. The van der Waals surface area contributed by atoms with Gasteiger partial charge in [0.2, 0.25) is 5.91 Å². The molecule has 3 rings (SSSR count). The first-order chi connectivity index (χ1) is 12.5. The zero-order valence-corrected chi connectivity index (χ0v) is 16.6. The minimum absolute atomic E-state index is 0.0227. The first kappa shape index (κ1) is 19.0. The average Bonchev–Trinajstić information content (AvgIpc) is 2.66. The molecule has 0 aromatic heterocycles. The first-order valence-electron chi connectivity index (χ1n) is 9.89. The van der Waals surface area contributed by atoms with Crippen LogP contribution in [0.25, 0.3) is 0 Å². The number of rotatable bonds is 4. The Morgan fingerprint density at radius 3 is 2.15 bits per heavy atom. The van der Waals surface area contributed by atoms with E-state index in [9.17, 15) is 4.79 Å². The predicted octanol–water partition coefficient (Wildman–Crippen LogP) is 2.71. The summed E-state index contributed by atoms with van der Waals surface area (Å²) in [6, 6.07) is 8.21. The van der Waals surface area contributed by atoms with E-state index in [2.05, 4.69) is 47.6 Å². The Hall–Kier alpha value is -1.75. The van der Waals surface area contributed by atoms with Crippen LogP contribution in [-0.2, 0) is 4.79 Å². The Morgan fingerprint density at radius 1 is 1.04 bits per heavy atom. The standard InChI is InChI=1S/C21H33N3O2/c1-16-13-17(2)15-24(14-16)21(25)18(3)22-9-11-23(12-10-22)19-5-7-20(26-4)8-6-19/h5-8,16-18H,9-15H2,1-4H3. The van der Waals surface area contributed by atoms with E-state index in [1.165, 1.54) is 12.1 Å². The molecule has 5 nitrogen and oxygen atoms in total. The second-order valence-electron chi connectivity index (χ2n) is 8.09. The molecule has 1 aromatic rings. The summed E-state index contributed by atoms with van der Waals surface area (Å²) in [4.78, 5) is 19.8. The van der Waals surface area contributed by atoms with Gasteiger partial charge in [0.05, 0.1) is 13.2 Å². The third kappa shape index (κ3) is 4.32. The van der Waals surface area contributed by atoms with E-state index in [1.54, 1.807) is 7.11 Å². The van der Waals surface area contributed by atoms with Crippen LogP contribution in [0.4, 0.5) is 5.69 Å². The van der Waals surface area contributed by atoms with E-state index < -0.39 is 0 Å². The van der Waals surface area contributed by atoms with Crippen LogP contribution in [0.2, 0.25) is 0 Å². The van der Waals surface area contributed by atoms with Crippen molar-refractivity contribution in [3.8, 4) is 5.75 Å². The maximum atomic E-state index is 13.0. The van der Waals surface area contributed by atoms with Crippen LogP contribution in [0.5, 0.6) is 5.75 Å². The van der Waals surface area contributed by atoms with Gasteiger partial charge < -0.3 is 14.5 Å². The van der Waals surface area contributed by atoms with Gasteiger partial charge in [-0.25, -0.2) is 0 Å². The lowest BCUT2D eigenvalue weighted by Gasteiger charge is -2.42. The minimum atomic E-state index is -0.0227. The van der Waals surface area contributed by atoms with Crippen molar-refractivity contribution in [2.45, 2.75) is 33.2 Å². The fourth-order valence-electron chi connectivity index (χ4n) is 4.42. The maximum absolute atomic E-state index is 13.0. The Bertz CT molecular complexity index is 586. The molecule has 2 aliphatic heterocycles. The maximum Gasteiger partial charge on any atom is 0.239 e. The number of nitrogens with zero attached hydrogens (tertiary/aromatic N) is 3. The lowest BCUT2D eigenvalue weighted by molar-refractivity contribution is -0.139. The highest BCUT2D eigenvalue weighted by atomic mass is 16.5. The SMILES string of the molecule is COc1ccc(N2CCN(C(C)C(=O)N3CC(C)CC(C)C3)CC2)cc1. The third-order valence-corrected chi connectivity index (χ3v) is 5.84. The van der Waals surface area contributed by atoms with Crippen molar-refractivity contribution in [1.82, 2.24) is 9.80 Å². The molecular weight excluding hydrogens is 326 g/mol. The van der Waals surface area contributed by atoms with Gasteiger partial charge in [-0.05, 0) is 49.4 Å². The van der Waals surface area contributed by atoms with Crippen molar-refractivity contribution in [3.05, 3.63) is 24.3 Å². The number of carbonyl (C=O) groups excluding carboxylic acids is 1. The van der Waals surface area contributed by atoms with E-state index in [4.69, 9.17) is 4.74 Å². The fourth-order valence-corrected chi connectivity index (χ4v) is 4.42. The summed E-state index contributed by atoms with van der Waals surface area (Å²) in [5.74, 6) is 2.42. The second-order valence-corrected chi connectivity index (χ2v) is 8.09. The molecule has 2 fully saturated rings. The molecule has 26 heavy (non-hydrogen) atoms. The highest BCUT2D eigenvalue weighted by molar-refractivity contribution is 5.81. The van der Waals surface area contributed by atoms with Crippen molar-refractivity contribution >= 4 is 11.6 Å². The average molecular weight is 360 g/mol. The molecule has 0 radical (unpaired) electrons. The number of ether oxygens (including phenoxy) is 1. The molecule has 0 N–H and O–H groups in total. The summed E-state index contributed by atoms with van der Waals surface area (Å²) in [7, 11) is 1.69. The molecule has 3 unspecified atom stereocenters. The minimum Gasteiger partial charge on any atom is -0.497 e. The Balaban J connectivity index is 1.54. The normalized spacial score (nSPS) is 25.8. The number of benzene rings is 1. The van der Waals surface area contributed by atoms with Crippen molar-refractivity contribution in [1.29, 1.82) is 0 Å². The second kappa shape index (κ2) is 8.30. The van der Waals surface area contributed by atoms with Crippen molar-refractivity contribution in [3.63, 3.8) is 0 Å². The summed E-state index contributed by atoms with van der Waals surface area (Å²) < 4.78 is 5.24. The number of methoxy groups -OCH3 is 1. The third-order valence-electron chi connectivity index (χ3n) is 5.84. The predicted molar refractivity (Wildman–Crippen MR) is 106 cm³/mol.